The topological polar surface area (TPSA) is 77.2 Å². The van der Waals surface area contributed by atoms with Crippen LogP contribution in [0.5, 0.6) is 0 Å². The number of ether oxygens (including phenoxy) is 1. The highest BCUT2D eigenvalue weighted by Crippen LogP contribution is 2.58. The maximum absolute atomic E-state index is 12.8. The molecule has 1 amide bonds. The minimum absolute atomic E-state index is 0.0874. The molecule has 5 heteroatoms. The number of carbonyl (C=O) groups is 1. The Bertz CT molecular complexity index is 546. The van der Waals surface area contributed by atoms with Crippen LogP contribution < -0.4 is 11.1 Å². The first-order valence-electron chi connectivity index (χ1n) is 7.50. The first kappa shape index (κ1) is 14.5. The fourth-order valence-electron chi connectivity index (χ4n) is 3.88. The number of pyridine rings is 1. The van der Waals surface area contributed by atoms with Crippen LogP contribution in [-0.2, 0) is 9.53 Å². The summed E-state index contributed by atoms with van der Waals surface area (Å²) in [5.74, 6) is 0.0317. The smallest absolute Gasteiger partial charge is 0.241 e. The highest BCUT2D eigenvalue weighted by Gasteiger charge is 2.71. The van der Waals surface area contributed by atoms with E-state index in [2.05, 4.69) is 10.3 Å². The van der Waals surface area contributed by atoms with E-state index in [9.17, 15) is 4.79 Å². The molecule has 3 rings (SSSR count). The van der Waals surface area contributed by atoms with Gasteiger partial charge in [0.15, 0.2) is 0 Å². The SMILES string of the molecule is C[C@H](NC(=O)C1(N)C2CCOC2C1(C)C)c1cccnc1. The normalized spacial score (nSPS) is 34.7. The second-order valence-electron chi connectivity index (χ2n) is 6.76. The fraction of sp³-hybridized carbons (Fsp3) is 0.625. The van der Waals surface area contributed by atoms with Gasteiger partial charge < -0.3 is 15.8 Å². The largest absolute Gasteiger partial charge is 0.377 e. The third-order valence-electron chi connectivity index (χ3n) is 5.36. The lowest BCUT2D eigenvalue weighted by molar-refractivity contribution is -0.175. The van der Waals surface area contributed by atoms with E-state index in [1.165, 1.54) is 0 Å². The predicted octanol–water partition coefficient (Wildman–Crippen LogP) is 1.40. The summed E-state index contributed by atoms with van der Waals surface area (Å²) in [4.78, 5) is 16.9. The van der Waals surface area contributed by atoms with Crippen LogP contribution >= 0.6 is 0 Å². The van der Waals surface area contributed by atoms with Crippen LogP contribution in [0.15, 0.2) is 24.5 Å². The van der Waals surface area contributed by atoms with E-state index in [1.807, 2.05) is 32.9 Å². The number of hydrogen-bond donors (Lipinski definition) is 2. The lowest BCUT2D eigenvalue weighted by Crippen LogP contribution is -2.80. The van der Waals surface area contributed by atoms with E-state index in [0.29, 0.717) is 6.61 Å². The standard InChI is InChI=1S/C16H23N3O2/c1-10(11-5-4-7-18-9-11)19-14(20)16(17)12-6-8-21-13(12)15(16,2)3/h4-5,7,9-10,12-13H,6,8,17H2,1-3H3,(H,19,20)/t10-,12?,13?,16?/m0/s1. The Kier molecular flexibility index (Phi) is 3.30. The second-order valence-corrected chi connectivity index (χ2v) is 6.76. The summed E-state index contributed by atoms with van der Waals surface area (Å²) < 4.78 is 5.73. The first-order chi connectivity index (χ1) is 9.89. The zero-order chi connectivity index (χ0) is 15.3. The van der Waals surface area contributed by atoms with Gasteiger partial charge in [0.25, 0.3) is 0 Å². The van der Waals surface area contributed by atoms with Crippen molar-refractivity contribution in [1.82, 2.24) is 10.3 Å². The Labute approximate surface area is 125 Å². The summed E-state index contributed by atoms with van der Waals surface area (Å²) >= 11 is 0. The Balaban J connectivity index is 1.76. The van der Waals surface area contributed by atoms with Crippen molar-refractivity contribution in [2.75, 3.05) is 6.61 Å². The van der Waals surface area contributed by atoms with Gasteiger partial charge in [0, 0.05) is 30.3 Å². The van der Waals surface area contributed by atoms with Gasteiger partial charge in [0.2, 0.25) is 5.91 Å². The number of aromatic nitrogens is 1. The van der Waals surface area contributed by atoms with Crippen LogP contribution in [0.4, 0.5) is 0 Å². The van der Waals surface area contributed by atoms with E-state index < -0.39 is 5.54 Å². The molecule has 0 spiro atoms. The molecule has 114 valence electrons. The number of nitrogens with zero attached hydrogens (tertiary/aromatic N) is 1. The molecule has 21 heavy (non-hydrogen) atoms. The van der Waals surface area contributed by atoms with Gasteiger partial charge in [-0.3, -0.25) is 9.78 Å². The molecule has 4 atom stereocenters. The molecular formula is C16H23N3O2. The molecule has 0 bridgehead atoms. The number of hydrogen-bond acceptors (Lipinski definition) is 4. The van der Waals surface area contributed by atoms with Crippen molar-refractivity contribution in [2.24, 2.45) is 17.1 Å². The summed E-state index contributed by atoms with van der Waals surface area (Å²) in [7, 11) is 0. The van der Waals surface area contributed by atoms with Crippen LogP contribution in [0.1, 0.15) is 38.8 Å². The molecule has 0 radical (unpaired) electrons. The van der Waals surface area contributed by atoms with Crippen molar-refractivity contribution < 1.29 is 9.53 Å². The Hall–Kier alpha value is -1.46. The van der Waals surface area contributed by atoms with Gasteiger partial charge in [0.1, 0.15) is 5.54 Å². The second kappa shape index (κ2) is 4.78. The molecule has 2 fully saturated rings. The van der Waals surface area contributed by atoms with Crippen LogP contribution in [0, 0.1) is 11.3 Å². The van der Waals surface area contributed by atoms with Crippen LogP contribution in [0.25, 0.3) is 0 Å². The first-order valence-corrected chi connectivity index (χ1v) is 7.50. The molecule has 3 N–H and O–H groups in total. The number of fused-ring (bicyclic) bond motifs is 1. The molecule has 2 heterocycles. The monoisotopic (exact) mass is 289 g/mol. The number of nitrogens with two attached hydrogens (primary N) is 1. The Morgan fingerprint density at radius 3 is 3.00 bits per heavy atom. The van der Waals surface area contributed by atoms with E-state index >= 15 is 0 Å². The summed E-state index contributed by atoms with van der Waals surface area (Å²) in [5, 5.41) is 3.05. The Morgan fingerprint density at radius 1 is 1.57 bits per heavy atom. The van der Waals surface area contributed by atoms with Gasteiger partial charge in [-0.2, -0.15) is 0 Å². The van der Waals surface area contributed by atoms with Gasteiger partial charge in [-0.1, -0.05) is 19.9 Å². The van der Waals surface area contributed by atoms with E-state index in [4.69, 9.17) is 10.5 Å². The third-order valence-corrected chi connectivity index (χ3v) is 5.36. The van der Waals surface area contributed by atoms with E-state index in [0.717, 1.165) is 12.0 Å². The van der Waals surface area contributed by atoms with Crippen molar-refractivity contribution in [2.45, 2.75) is 44.9 Å². The molecule has 5 nitrogen and oxygen atoms in total. The van der Waals surface area contributed by atoms with Gasteiger partial charge in [-0.25, -0.2) is 0 Å². The maximum Gasteiger partial charge on any atom is 0.241 e. The number of carbonyl (C=O) groups excluding carboxylic acids is 1. The molecule has 2 aliphatic rings. The number of rotatable bonds is 3. The summed E-state index contributed by atoms with van der Waals surface area (Å²) in [5.41, 5.74) is 6.31. The average molecular weight is 289 g/mol. The lowest BCUT2D eigenvalue weighted by Gasteiger charge is -2.60. The molecule has 1 aromatic rings. The highest BCUT2D eigenvalue weighted by atomic mass is 16.5. The minimum atomic E-state index is -0.857. The molecule has 1 aliphatic heterocycles. The predicted molar refractivity (Wildman–Crippen MR) is 79.3 cm³/mol. The van der Waals surface area contributed by atoms with Crippen molar-refractivity contribution in [1.29, 1.82) is 0 Å². The van der Waals surface area contributed by atoms with Crippen molar-refractivity contribution >= 4 is 5.91 Å². The van der Waals surface area contributed by atoms with Crippen LogP contribution in [0.2, 0.25) is 0 Å². The number of nitrogens with one attached hydrogen (secondary N) is 1. The summed E-state index contributed by atoms with van der Waals surface area (Å²) in [6.07, 6.45) is 4.45. The molecular weight excluding hydrogens is 266 g/mol. The van der Waals surface area contributed by atoms with Gasteiger partial charge in [0.05, 0.1) is 12.1 Å². The molecule has 3 unspecified atom stereocenters. The van der Waals surface area contributed by atoms with Crippen molar-refractivity contribution in [3.8, 4) is 0 Å². The number of amides is 1. The average Bonchev–Trinajstić information content (AvgIpc) is 2.95. The lowest BCUT2D eigenvalue weighted by atomic mass is 9.48. The molecule has 0 aromatic carbocycles. The van der Waals surface area contributed by atoms with E-state index in [-0.39, 0.29) is 29.4 Å². The zero-order valence-corrected chi connectivity index (χ0v) is 12.8. The molecule has 1 saturated carbocycles. The highest BCUT2D eigenvalue weighted by molar-refractivity contribution is 5.89. The molecule has 1 aliphatic carbocycles. The maximum atomic E-state index is 12.8. The van der Waals surface area contributed by atoms with Crippen LogP contribution in [-0.4, -0.2) is 29.1 Å². The third kappa shape index (κ3) is 1.91. The molecule has 1 aromatic heterocycles. The van der Waals surface area contributed by atoms with Gasteiger partial charge in [-0.15, -0.1) is 0 Å². The fourth-order valence-corrected chi connectivity index (χ4v) is 3.88. The Morgan fingerprint density at radius 2 is 2.33 bits per heavy atom. The van der Waals surface area contributed by atoms with Gasteiger partial charge in [-0.05, 0) is 25.0 Å². The zero-order valence-electron chi connectivity index (χ0n) is 12.8. The van der Waals surface area contributed by atoms with Crippen molar-refractivity contribution in [3.05, 3.63) is 30.1 Å². The molecule has 1 saturated heterocycles. The minimum Gasteiger partial charge on any atom is -0.377 e. The van der Waals surface area contributed by atoms with Gasteiger partial charge >= 0.3 is 0 Å². The quantitative estimate of drug-likeness (QED) is 0.882. The summed E-state index contributed by atoms with van der Waals surface area (Å²) in [6.45, 7) is 6.69. The van der Waals surface area contributed by atoms with E-state index in [1.54, 1.807) is 12.4 Å². The van der Waals surface area contributed by atoms with Crippen LogP contribution in [0.3, 0.4) is 0 Å². The van der Waals surface area contributed by atoms with Crippen molar-refractivity contribution in [3.63, 3.8) is 0 Å². The summed E-state index contributed by atoms with van der Waals surface area (Å²) in [6, 6.07) is 3.71.